The van der Waals surface area contributed by atoms with Crippen molar-refractivity contribution in [1.82, 2.24) is 0 Å². The summed E-state index contributed by atoms with van der Waals surface area (Å²) in [6, 6.07) is 6.80. The third kappa shape index (κ3) is 4.56. The van der Waals surface area contributed by atoms with Crippen LogP contribution in [0.15, 0.2) is 24.3 Å². The van der Waals surface area contributed by atoms with E-state index in [9.17, 15) is 4.79 Å². The number of amides is 1. The van der Waals surface area contributed by atoms with Crippen LogP contribution in [0.2, 0.25) is 0 Å². The molecule has 0 aliphatic rings. The lowest BCUT2D eigenvalue weighted by molar-refractivity contribution is -0.119. The van der Waals surface area contributed by atoms with Gasteiger partial charge >= 0.3 is 0 Å². The van der Waals surface area contributed by atoms with Gasteiger partial charge in [-0.25, -0.2) is 0 Å². The summed E-state index contributed by atoms with van der Waals surface area (Å²) >= 11 is 0. The lowest BCUT2D eigenvalue weighted by Crippen LogP contribution is -2.45. The second kappa shape index (κ2) is 6.06. The van der Waals surface area contributed by atoms with Crippen LogP contribution in [-0.2, 0) is 4.79 Å². The molecule has 0 aromatic heterocycles. The Labute approximate surface area is 115 Å². The Balaban J connectivity index is 2.85. The smallest absolute Gasteiger partial charge is 0.241 e. The summed E-state index contributed by atoms with van der Waals surface area (Å²) in [7, 11) is 0. The van der Waals surface area contributed by atoms with Gasteiger partial charge in [-0.3, -0.25) is 4.79 Å². The molecule has 0 fully saturated rings. The van der Waals surface area contributed by atoms with Crippen molar-refractivity contribution in [3.05, 3.63) is 24.3 Å². The first-order valence-corrected chi connectivity index (χ1v) is 6.54. The quantitative estimate of drug-likeness (QED) is 0.879. The van der Waals surface area contributed by atoms with Gasteiger partial charge in [-0.2, -0.15) is 0 Å². The summed E-state index contributed by atoms with van der Waals surface area (Å²) in [5.74, 6) is 0.458. The van der Waals surface area contributed by atoms with Crippen molar-refractivity contribution in [1.29, 1.82) is 0 Å². The van der Waals surface area contributed by atoms with Gasteiger partial charge in [0.05, 0.1) is 17.8 Å². The minimum Gasteiger partial charge on any atom is -0.489 e. The van der Waals surface area contributed by atoms with Crippen LogP contribution >= 0.6 is 0 Å². The normalized spacial score (nSPS) is 13.2. The molecule has 1 unspecified atom stereocenters. The number of carbonyl (C=O) groups is 1. The van der Waals surface area contributed by atoms with Gasteiger partial charge in [0.2, 0.25) is 5.91 Å². The number of nitrogens with one attached hydrogen (secondary N) is 1. The van der Waals surface area contributed by atoms with Crippen molar-refractivity contribution in [3.8, 4) is 5.75 Å². The minimum absolute atomic E-state index is 0.0503. The zero-order valence-corrected chi connectivity index (χ0v) is 12.4. The van der Waals surface area contributed by atoms with E-state index < -0.39 is 6.04 Å². The van der Waals surface area contributed by atoms with Gasteiger partial charge in [-0.15, -0.1) is 0 Å². The molecule has 0 spiro atoms. The highest BCUT2D eigenvalue weighted by Crippen LogP contribution is 2.26. The number of ether oxygens (including phenoxy) is 1. The highest BCUT2D eigenvalue weighted by Gasteiger charge is 2.27. The molecular weight excluding hydrogens is 240 g/mol. The summed E-state index contributed by atoms with van der Waals surface area (Å²) in [5, 5.41) is 2.83. The van der Waals surface area contributed by atoms with Gasteiger partial charge in [0.1, 0.15) is 5.75 Å². The molecule has 1 atom stereocenters. The molecule has 1 aromatic rings. The number of benzene rings is 1. The third-order valence-electron chi connectivity index (χ3n) is 2.72. The SMILES string of the molecule is CC(C)Oc1ccccc1NC(=O)C(N)C(C)(C)C. The monoisotopic (exact) mass is 264 g/mol. The van der Waals surface area contributed by atoms with Gasteiger partial charge < -0.3 is 15.8 Å². The number of carbonyl (C=O) groups excluding carboxylic acids is 1. The number of rotatable bonds is 4. The molecule has 0 saturated carbocycles. The molecule has 0 aliphatic heterocycles. The molecule has 1 amide bonds. The maximum Gasteiger partial charge on any atom is 0.241 e. The molecule has 19 heavy (non-hydrogen) atoms. The predicted octanol–water partition coefficient (Wildman–Crippen LogP) is 2.79. The van der Waals surface area contributed by atoms with Crippen molar-refractivity contribution in [3.63, 3.8) is 0 Å². The Kier molecular flexibility index (Phi) is 4.95. The van der Waals surface area contributed by atoms with Gasteiger partial charge in [0.15, 0.2) is 0 Å². The van der Waals surface area contributed by atoms with Crippen LogP contribution in [0.25, 0.3) is 0 Å². The average molecular weight is 264 g/mol. The molecular formula is C15H24N2O2. The van der Waals surface area contributed by atoms with E-state index in [1.165, 1.54) is 0 Å². The fraction of sp³-hybridized carbons (Fsp3) is 0.533. The molecule has 0 aliphatic carbocycles. The highest BCUT2D eigenvalue weighted by atomic mass is 16.5. The second-order valence-electron chi connectivity index (χ2n) is 6.00. The minimum atomic E-state index is -0.570. The zero-order valence-electron chi connectivity index (χ0n) is 12.4. The maximum atomic E-state index is 12.1. The van der Waals surface area contributed by atoms with E-state index in [1.54, 1.807) is 0 Å². The Morgan fingerprint density at radius 3 is 2.37 bits per heavy atom. The molecule has 0 saturated heterocycles. The molecule has 0 heterocycles. The fourth-order valence-corrected chi connectivity index (χ4v) is 1.53. The summed E-state index contributed by atoms with van der Waals surface area (Å²) < 4.78 is 5.66. The first-order valence-electron chi connectivity index (χ1n) is 6.54. The summed E-state index contributed by atoms with van der Waals surface area (Å²) in [6.07, 6.45) is 0.0503. The number of hydrogen-bond donors (Lipinski definition) is 2. The van der Waals surface area contributed by atoms with Crippen molar-refractivity contribution in [2.45, 2.75) is 46.8 Å². The first-order chi connectivity index (χ1) is 8.71. The lowest BCUT2D eigenvalue weighted by atomic mass is 9.87. The largest absolute Gasteiger partial charge is 0.489 e. The summed E-state index contributed by atoms with van der Waals surface area (Å²) in [5.41, 5.74) is 6.31. The topological polar surface area (TPSA) is 64.3 Å². The van der Waals surface area contributed by atoms with Gasteiger partial charge in [-0.05, 0) is 31.4 Å². The van der Waals surface area contributed by atoms with Gasteiger partial charge in [-0.1, -0.05) is 32.9 Å². The van der Waals surface area contributed by atoms with E-state index in [0.29, 0.717) is 11.4 Å². The van der Waals surface area contributed by atoms with Crippen LogP contribution in [0.5, 0.6) is 5.75 Å². The van der Waals surface area contributed by atoms with Crippen molar-refractivity contribution >= 4 is 11.6 Å². The molecule has 4 heteroatoms. The lowest BCUT2D eigenvalue weighted by Gasteiger charge is -2.26. The third-order valence-corrected chi connectivity index (χ3v) is 2.72. The van der Waals surface area contributed by atoms with Crippen molar-refractivity contribution in [2.75, 3.05) is 5.32 Å². The Bertz CT molecular complexity index is 436. The average Bonchev–Trinajstić information content (AvgIpc) is 2.28. The van der Waals surface area contributed by atoms with Crippen LogP contribution in [0.4, 0.5) is 5.69 Å². The first kappa shape index (κ1) is 15.5. The van der Waals surface area contributed by atoms with E-state index in [1.807, 2.05) is 58.9 Å². The maximum absolute atomic E-state index is 12.1. The Hall–Kier alpha value is -1.55. The van der Waals surface area contributed by atoms with Gasteiger partial charge in [0.25, 0.3) is 0 Å². The van der Waals surface area contributed by atoms with E-state index in [0.717, 1.165) is 0 Å². The summed E-state index contributed by atoms with van der Waals surface area (Å²) in [6.45, 7) is 9.70. The molecule has 1 rings (SSSR count). The van der Waals surface area contributed by atoms with E-state index in [2.05, 4.69) is 5.32 Å². The highest BCUT2D eigenvalue weighted by molar-refractivity contribution is 5.96. The van der Waals surface area contributed by atoms with Crippen LogP contribution < -0.4 is 15.8 Å². The number of anilines is 1. The number of para-hydroxylation sites is 2. The molecule has 4 nitrogen and oxygen atoms in total. The van der Waals surface area contributed by atoms with E-state index >= 15 is 0 Å². The number of nitrogens with two attached hydrogens (primary N) is 1. The zero-order chi connectivity index (χ0) is 14.6. The molecule has 1 aromatic carbocycles. The Morgan fingerprint density at radius 2 is 1.84 bits per heavy atom. The molecule has 3 N–H and O–H groups in total. The van der Waals surface area contributed by atoms with Gasteiger partial charge in [0, 0.05) is 0 Å². The van der Waals surface area contributed by atoms with Crippen LogP contribution in [-0.4, -0.2) is 18.1 Å². The van der Waals surface area contributed by atoms with Crippen LogP contribution in [0, 0.1) is 5.41 Å². The Morgan fingerprint density at radius 1 is 1.26 bits per heavy atom. The molecule has 0 radical (unpaired) electrons. The predicted molar refractivity (Wildman–Crippen MR) is 78.3 cm³/mol. The van der Waals surface area contributed by atoms with Crippen molar-refractivity contribution < 1.29 is 9.53 Å². The fourth-order valence-electron chi connectivity index (χ4n) is 1.53. The van der Waals surface area contributed by atoms with Crippen LogP contribution in [0.3, 0.4) is 0 Å². The number of hydrogen-bond acceptors (Lipinski definition) is 3. The van der Waals surface area contributed by atoms with E-state index in [4.69, 9.17) is 10.5 Å². The standard InChI is InChI=1S/C15H24N2O2/c1-10(2)19-12-9-7-6-8-11(12)17-14(18)13(16)15(3,4)5/h6-10,13H,16H2,1-5H3,(H,17,18). The molecule has 0 bridgehead atoms. The summed E-state index contributed by atoms with van der Waals surface area (Å²) in [4.78, 5) is 12.1. The van der Waals surface area contributed by atoms with E-state index in [-0.39, 0.29) is 17.4 Å². The molecule has 106 valence electrons. The van der Waals surface area contributed by atoms with Crippen LogP contribution in [0.1, 0.15) is 34.6 Å². The second-order valence-corrected chi connectivity index (χ2v) is 6.00. The van der Waals surface area contributed by atoms with Crippen molar-refractivity contribution in [2.24, 2.45) is 11.1 Å².